The number of benzene rings is 5. The van der Waals surface area contributed by atoms with Crippen molar-refractivity contribution in [1.82, 2.24) is 47.9 Å². The van der Waals surface area contributed by atoms with Gasteiger partial charge in [-0.1, -0.05) is 133 Å². The third-order valence-corrected chi connectivity index (χ3v) is 14.8. The van der Waals surface area contributed by atoms with Gasteiger partial charge in [-0.25, -0.2) is 9.59 Å². The van der Waals surface area contributed by atoms with Crippen LogP contribution in [0.3, 0.4) is 0 Å². The molecule has 0 aliphatic carbocycles. The summed E-state index contributed by atoms with van der Waals surface area (Å²) in [7, 11) is 0. The Morgan fingerprint density at radius 1 is 0.420 bits per heavy atom. The molecule has 0 aromatic heterocycles. The minimum absolute atomic E-state index is 0.0117. The number of amides is 10. The number of rotatable bonds is 39. The molecule has 5 atom stereocenters. The van der Waals surface area contributed by atoms with Crippen LogP contribution < -0.4 is 53.6 Å². The number of unbranched alkanes of at least 4 members (excludes halogenated alkanes) is 2. The molecule has 5 rings (SSSR count). The molecule has 10 amide bonds. The van der Waals surface area contributed by atoms with E-state index in [1.807, 2.05) is 60.7 Å². The fraction of sp³-hybridized carbons (Fsp3) is 0.425. The Kier molecular flexibility index (Phi) is 33.1. The summed E-state index contributed by atoms with van der Waals surface area (Å²) in [4.78, 5) is 160. The van der Waals surface area contributed by atoms with Gasteiger partial charge < -0.3 is 77.6 Å². The lowest BCUT2D eigenvalue weighted by Gasteiger charge is -2.26. The Hall–Kier alpha value is -10.9. The molecule has 0 radical (unpaired) electrons. The van der Waals surface area contributed by atoms with Gasteiger partial charge in [0.1, 0.15) is 60.3 Å². The zero-order valence-corrected chi connectivity index (χ0v) is 57.4. The number of phenols is 1. The van der Waals surface area contributed by atoms with E-state index < -0.39 is 127 Å². The van der Waals surface area contributed by atoms with E-state index >= 15 is 0 Å². The molecule has 0 aliphatic rings. The Bertz CT molecular complexity index is 3440. The zero-order valence-electron chi connectivity index (χ0n) is 57.4. The quantitative estimate of drug-likeness (QED) is 0.0134. The molecule has 0 spiro atoms. The lowest BCUT2D eigenvalue weighted by atomic mass is 9.99. The van der Waals surface area contributed by atoms with Crippen LogP contribution in [0.4, 0.5) is 9.59 Å². The van der Waals surface area contributed by atoms with Crippen LogP contribution in [-0.2, 0) is 86.3 Å². The molecule has 27 heteroatoms. The lowest BCUT2D eigenvalue weighted by Crippen LogP contribution is -2.57. The Morgan fingerprint density at radius 2 is 0.870 bits per heavy atom. The summed E-state index contributed by atoms with van der Waals surface area (Å²) in [5, 5.41) is 33.7. The summed E-state index contributed by atoms with van der Waals surface area (Å²) in [6, 6.07) is 34.5. The van der Waals surface area contributed by atoms with Gasteiger partial charge in [0.15, 0.2) is 6.61 Å². The van der Waals surface area contributed by atoms with Gasteiger partial charge in [-0.2, -0.15) is 0 Å². The molecule has 0 saturated heterocycles. The van der Waals surface area contributed by atoms with Crippen molar-refractivity contribution in [1.29, 1.82) is 0 Å². The first kappa shape index (κ1) is 79.8. The second-order valence-corrected chi connectivity index (χ2v) is 25.6. The number of primary amides is 1. The van der Waals surface area contributed by atoms with Crippen molar-refractivity contribution in [2.75, 3.05) is 26.2 Å². The van der Waals surface area contributed by atoms with Crippen LogP contribution in [0.25, 0.3) is 0 Å². The molecule has 0 saturated carbocycles. The standard InChI is InChI=1S/C73H94N10O17/c1-72(2,3)99-62(88)44-58(69(94)79-56(65(74)90)42-48-24-11-7-12-25-48)80-67(92)55(81-70(95)98-46-50-26-13-8-14-27-50)33-20-22-41-76-60(86)35-23-34-59(85)75-40-21-19-32-54(78-68(93)57(82-71(96)100-73(4,5)6)43-49-36-38-53(84)39-37-49)66(91)77-45-63(89)97-47-61(87)83-64(51-28-15-9-16-29-51)52-30-17-10-18-31-52/h7-18,24-31,36-39,54-58,64,84H,19-23,32-35,40-47H2,1-6H3,(H2,74,90)(H,75,85)(H,76,86)(H,77,91)(H,78,93)(H,79,94)(H,80,92)(H,81,95)(H,82,96)(H,83,87)/t54-,55-,56-,57-,58-/m0/s1. The summed E-state index contributed by atoms with van der Waals surface area (Å²) in [5.41, 5.74) is 7.25. The smallest absolute Gasteiger partial charge is 0.408 e. The third kappa shape index (κ3) is 32.0. The molecule has 0 fully saturated rings. The molecule has 5 aromatic rings. The van der Waals surface area contributed by atoms with E-state index in [1.165, 1.54) is 12.1 Å². The number of hydrogen-bond donors (Lipinski definition) is 11. The number of nitrogens with two attached hydrogens (primary N) is 1. The van der Waals surface area contributed by atoms with Gasteiger partial charge in [0, 0.05) is 38.8 Å². The molecule has 12 N–H and O–H groups in total. The predicted octanol–water partition coefficient (Wildman–Crippen LogP) is 5.35. The van der Waals surface area contributed by atoms with E-state index in [1.54, 1.807) is 114 Å². The summed E-state index contributed by atoms with van der Waals surface area (Å²) >= 11 is 0. The van der Waals surface area contributed by atoms with Crippen molar-refractivity contribution in [3.63, 3.8) is 0 Å². The second-order valence-electron chi connectivity index (χ2n) is 25.6. The summed E-state index contributed by atoms with van der Waals surface area (Å²) < 4.78 is 21.5. The predicted molar refractivity (Wildman–Crippen MR) is 369 cm³/mol. The maximum absolute atomic E-state index is 14.1. The van der Waals surface area contributed by atoms with Crippen LogP contribution in [0.15, 0.2) is 146 Å². The molecule has 0 heterocycles. The third-order valence-electron chi connectivity index (χ3n) is 14.8. The number of carbonyl (C=O) groups excluding carboxylic acids is 12. The van der Waals surface area contributed by atoms with Gasteiger partial charge in [-0.05, 0) is 126 Å². The van der Waals surface area contributed by atoms with E-state index in [-0.39, 0.29) is 95.0 Å². The Morgan fingerprint density at radius 3 is 1.40 bits per heavy atom. The molecule has 5 aromatic carbocycles. The first-order chi connectivity index (χ1) is 47.6. The van der Waals surface area contributed by atoms with Gasteiger partial charge in [-0.15, -0.1) is 0 Å². The topological polar surface area (TPSA) is 396 Å². The van der Waals surface area contributed by atoms with Crippen LogP contribution in [0.1, 0.15) is 140 Å². The molecule has 0 bridgehead atoms. The number of ether oxygens (including phenoxy) is 4. The van der Waals surface area contributed by atoms with E-state index in [0.29, 0.717) is 29.5 Å². The van der Waals surface area contributed by atoms with Crippen LogP contribution in [-0.4, -0.2) is 144 Å². The van der Waals surface area contributed by atoms with Gasteiger partial charge in [0.25, 0.3) is 5.91 Å². The maximum Gasteiger partial charge on any atom is 0.408 e. The molecule has 538 valence electrons. The first-order valence-corrected chi connectivity index (χ1v) is 33.2. The largest absolute Gasteiger partial charge is 0.508 e. The molecule has 0 unspecified atom stereocenters. The van der Waals surface area contributed by atoms with Crippen molar-refractivity contribution >= 4 is 71.4 Å². The minimum atomic E-state index is -1.59. The number of aromatic hydroxyl groups is 1. The highest BCUT2D eigenvalue weighted by molar-refractivity contribution is 5.96. The fourth-order valence-electron chi connectivity index (χ4n) is 9.94. The fourth-order valence-corrected chi connectivity index (χ4v) is 9.94. The maximum atomic E-state index is 14.1. The highest BCUT2D eigenvalue weighted by Gasteiger charge is 2.34. The normalized spacial score (nSPS) is 12.6. The second kappa shape index (κ2) is 41.4. The van der Waals surface area contributed by atoms with Crippen molar-refractivity contribution in [3.8, 4) is 5.75 Å². The number of nitrogens with one attached hydrogen (secondary N) is 9. The molecule has 27 nitrogen and oxygen atoms in total. The number of esters is 2. The Labute approximate surface area is 582 Å². The van der Waals surface area contributed by atoms with Crippen LogP contribution in [0, 0.1) is 0 Å². The molecular weight excluding hydrogens is 1290 g/mol. The van der Waals surface area contributed by atoms with Crippen molar-refractivity contribution in [2.45, 2.75) is 173 Å². The SMILES string of the molecule is CC(C)(C)OC(=O)C[C@H](NC(=O)[C@H](CCCCNC(=O)CCCC(=O)NCCCC[C@H](NC(=O)[C@H](Cc1ccc(O)cc1)NC(=O)OC(C)(C)C)C(=O)NCC(=O)OCC(=O)NC(c1ccccc1)c1ccccc1)NC(=O)OCc1ccccc1)C(=O)N[C@@H](Cc1ccccc1)C(N)=O. The van der Waals surface area contributed by atoms with Gasteiger partial charge in [0.05, 0.1) is 12.5 Å². The van der Waals surface area contributed by atoms with E-state index in [2.05, 4.69) is 47.9 Å². The number of carbonyl (C=O) groups is 12. The van der Waals surface area contributed by atoms with Gasteiger partial charge in [-0.3, -0.25) is 47.9 Å². The van der Waals surface area contributed by atoms with E-state index in [9.17, 15) is 62.6 Å². The van der Waals surface area contributed by atoms with E-state index in [4.69, 9.17) is 24.7 Å². The lowest BCUT2D eigenvalue weighted by molar-refractivity contribution is -0.156. The molecule has 100 heavy (non-hydrogen) atoms. The highest BCUT2D eigenvalue weighted by atomic mass is 16.6. The van der Waals surface area contributed by atoms with Crippen molar-refractivity contribution in [2.24, 2.45) is 5.73 Å². The van der Waals surface area contributed by atoms with Crippen LogP contribution in [0.2, 0.25) is 0 Å². The Balaban J connectivity index is 1.13. The molecule has 0 aliphatic heterocycles. The first-order valence-electron chi connectivity index (χ1n) is 33.2. The summed E-state index contributed by atoms with van der Waals surface area (Å²) in [6.07, 6.45) is -1.38. The van der Waals surface area contributed by atoms with Gasteiger partial charge in [0.2, 0.25) is 41.4 Å². The van der Waals surface area contributed by atoms with Crippen molar-refractivity contribution in [3.05, 3.63) is 173 Å². The van der Waals surface area contributed by atoms with Crippen LogP contribution >= 0.6 is 0 Å². The average molecular weight is 1380 g/mol. The average Bonchev–Trinajstić information content (AvgIpc) is 0.855. The zero-order chi connectivity index (χ0) is 73.0. The monoisotopic (exact) mass is 1380 g/mol. The number of hydrogen-bond acceptors (Lipinski definition) is 17. The van der Waals surface area contributed by atoms with E-state index in [0.717, 1.165) is 11.1 Å². The number of alkyl carbamates (subject to hydrolysis) is 2. The molecular formula is C73H94N10O17. The minimum Gasteiger partial charge on any atom is -0.508 e. The van der Waals surface area contributed by atoms with Crippen LogP contribution in [0.5, 0.6) is 5.75 Å². The van der Waals surface area contributed by atoms with Gasteiger partial charge >= 0.3 is 24.1 Å². The summed E-state index contributed by atoms with van der Waals surface area (Å²) in [6.45, 7) is 8.60. The summed E-state index contributed by atoms with van der Waals surface area (Å²) in [5.74, 6) is -7.39. The number of phenolic OH excluding ortho intramolecular Hbond substituents is 1. The van der Waals surface area contributed by atoms with Crippen molar-refractivity contribution < 1.29 is 81.6 Å². The highest BCUT2D eigenvalue weighted by Crippen LogP contribution is 2.22.